The average molecular weight is 272 g/mol. The van der Waals surface area contributed by atoms with E-state index in [1.807, 2.05) is 11.5 Å². The number of nitrogens with one attached hydrogen (secondary N) is 1. The third-order valence-electron chi connectivity index (χ3n) is 2.81. The molecule has 0 aliphatic rings. The first-order valence-electron chi connectivity index (χ1n) is 5.75. The van der Waals surface area contributed by atoms with Gasteiger partial charge >= 0.3 is 0 Å². The fourth-order valence-electron chi connectivity index (χ4n) is 1.96. The van der Waals surface area contributed by atoms with Gasteiger partial charge in [-0.05, 0) is 6.42 Å². The summed E-state index contributed by atoms with van der Waals surface area (Å²) >= 11 is 1.55. The summed E-state index contributed by atoms with van der Waals surface area (Å²) in [7, 11) is 1.67. The van der Waals surface area contributed by atoms with Gasteiger partial charge in [0.15, 0.2) is 10.7 Å². The van der Waals surface area contributed by atoms with Gasteiger partial charge in [-0.2, -0.15) is 0 Å². The van der Waals surface area contributed by atoms with Gasteiger partial charge in [-0.25, -0.2) is 15.0 Å². The van der Waals surface area contributed by atoms with Crippen molar-refractivity contribution < 1.29 is 4.74 Å². The summed E-state index contributed by atoms with van der Waals surface area (Å²) in [5, 5.41) is 2.92. The number of hydrogen-bond donors (Lipinski definition) is 1. The number of H-pyrrole nitrogens is 1. The van der Waals surface area contributed by atoms with Crippen LogP contribution in [0.4, 0.5) is 0 Å². The first-order valence-corrected chi connectivity index (χ1v) is 6.62. The molecule has 96 valence electrons. The van der Waals surface area contributed by atoms with Gasteiger partial charge in [0, 0.05) is 16.5 Å². The van der Waals surface area contributed by atoms with Crippen molar-refractivity contribution in [2.24, 2.45) is 0 Å². The standard InChI is InChI=1S/C13H12N4OS/c1-3-4-8-9(6-19-13(8)18-2)11-16-10-5-14-7-15-12(10)17-11/h3,5-7H,1,4H2,2H3,(H,14,15,16,17). The van der Waals surface area contributed by atoms with Crippen LogP contribution in [0.1, 0.15) is 5.56 Å². The highest BCUT2D eigenvalue weighted by Crippen LogP contribution is 2.36. The van der Waals surface area contributed by atoms with Crippen molar-refractivity contribution in [1.29, 1.82) is 0 Å². The lowest BCUT2D eigenvalue weighted by Gasteiger charge is -2.01. The Morgan fingerprint density at radius 1 is 1.53 bits per heavy atom. The molecule has 5 nitrogen and oxygen atoms in total. The Morgan fingerprint density at radius 2 is 2.42 bits per heavy atom. The molecule has 0 spiro atoms. The topological polar surface area (TPSA) is 63.7 Å². The monoisotopic (exact) mass is 272 g/mol. The number of rotatable bonds is 4. The van der Waals surface area contributed by atoms with E-state index in [0.717, 1.165) is 34.0 Å². The van der Waals surface area contributed by atoms with E-state index < -0.39 is 0 Å². The molecule has 3 aromatic heterocycles. The second kappa shape index (κ2) is 4.81. The van der Waals surface area contributed by atoms with Crippen LogP contribution in [0.5, 0.6) is 5.06 Å². The number of fused-ring (bicyclic) bond motifs is 1. The smallest absolute Gasteiger partial charge is 0.181 e. The molecular formula is C13H12N4OS. The first kappa shape index (κ1) is 11.9. The zero-order valence-corrected chi connectivity index (χ0v) is 11.2. The average Bonchev–Trinajstić information content (AvgIpc) is 3.01. The van der Waals surface area contributed by atoms with E-state index in [1.165, 1.54) is 6.33 Å². The maximum atomic E-state index is 5.38. The number of allylic oxidation sites excluding steroid dienone is 1. The summed E-state index contributed by atoms with van der Waals surface area (Å²) in [6, 6.07) is 0. The molecule has 0 saturated heterocycles. The lowest BCUT2D eigenvalue weighted by atomic mass is 10.1. The summed E-state index contributed by atoms with van der Waals surface area (Å²) in [6.07, 6.45) is 5.81. The zero-order chi connectivity index (χ0) is 13.2. The van der Waals surface area contributed by atoms with Crippen LogP contribution in [0.25, 0.3) is 22.6 Å². The minimum absolute atomic E-state index is 0.666. The van der Waals surface area contributed by atoms with Crippen LogP contribution in [-0.4, -0.2) is 27.0 Å². The molecular weight excluding hydrogens is 260 g/mol. The summed E-state index contributed by atoms with van der Waals surface area (Å²) in [5.74, 6) is 0.784. The van der Waals surface area contributed by atoms with E-state index in [1.54, 1.807) is 24.6 Å². The van der Waals surface area contributed by atoms with Crippen LogP contribution in [-0.2, 0) is 6.42 Å². The molecule has 6 heteroatoms. The fraction of sp³-hybridized carbons (Fsp3) is 0.154. The first-order chi connectivity index (χ1) is 9.33. The molecule has 0 amide bonds. The van der Waals surface area contributed by atoms with Gasteiger partial charge in [0.1, 0.15) is 17.7 Å². The second-order valence-electron chi connectivity index (χ2n) is 3.96. The van der Waals surface area contributed by atoms with Crippen LogP contribution >= 0.6 is 11.3 Å². The van der Waals surface area contributed by atoms with Crippen molar-refractivity contribution in [1.82, 2.24) is 19.9 Å². The van der Waals surface area contributed by atoms with Crippen molar-refractivity contribution in [2.75, 3.05) is 7.11 Å². The molecule has 3 heterocycles. The number of ether oxygens (including phenoxy) is 1. The molecule has 1 N–H and O–H groups in total. The number of aromatic nitrogens is 4. The molecule has 0 unspecified atom stereocenters. The molecule has 3 rings (SSSR count). The van der Waals surface area contributed by atoms with Crippen molar-refractivity contribution >= 4 is 22.5 Å². The zero-order valence-electron chi connectivity index (χ0n) is 10.4. The quantitative estimate of drug-likeness (QED) is 0.742. The van der Waals surface area contributed by atoms with Crippen molar-refractivity contribution in [3.8, 4) is 16.5 Å². The van der Waals surface area contributed by atoms with Crippen LogP contribution < -0.4 is 4.74 Å². The Hall–Kier alpha value is -2.21. The second-order valence-corrected chi connectivity index (χ2v) is 4.80. The normalized spacial score (nSPS) is 10.8. The molecule has 0 bridgehead atoms. The Morgan fingerprint density at radius 3 is 3.16 bits per heavy atom. The van der Waals surface area contributed by atoms with E-state index in [4.69, 9.17) is 4.74 Å². The predicted octanol–water partition coefficient (Wildman–Crippen LogP) is 2.82. The highest BCUT2D eigenvalue weighted by atomic mass is 32.1. The number of aromatic amines is 1. The maximum absolute atomic E-state index is 5.38. The molecule has 0 saturated carbocycles. The molecule has 0 radical (unpaired) electrons. The molecule has 19 heavy (non-hydrogen) atoms. The molecule has 3 aromatic rings. The van der Waals surface area contributed by atoms with Gasteiger partial charge in [-0.15, -0.1) is 17.9 Å². The van der Waals surface area contributed by atoms with Gasteiger partial charge in [-0.3, -0.25) is 0 Å². The number of thiophene rings is 1. The highest BCUT2D eigenvalue weighted by Gasteiger charge is 2.16. The fourth-order valence-corrected chi connectivity index (χ4v) is 2.87. The molecule has 0 aliphatic heterocycles. The Labute approximate surface area is 114 Å². The highest BCUT2D eigenvalue weighted by molar-refractivity contribution is 7.12. The molecule has 0 fully saturated rings. The summed E-state index contributed by atoms with van der Waals surface area (Å²) in [6.45, 7) is 3.78. The molecule has 0 aliphatic carbocycles. The molecule has 0 atom stereocenters. The van der Waals surface area contributed by atoms with E-state index in [0.29, 0.717) is 5.65 Å². The van der Waals surface area contributed by atoms with Crippen LogP contribution in [0.2, 0.25) is 0 Å². The summed E-state index contributed by atoms with van der Waals surface area (Å²) < 4.78 is 5.38. The molecule has 0 aromatic carbocycles. The Bertz CT molecular complexity index is 698. The lowest BCUT2D eigenvalue weighted by molar-refractivity contribution is 0.423. The van der Waals surface area contributed by atoms with E-state index in [9.17, 15) is 0 Å². The van der Waals surface area contributed by atoms with Crippen molar-refractivity contribution in [3.63, 3.8) is 0 Å². The number of hydrogen-bond acceptors (Lipinski definition) is 5. The van der Waals surface area contributed by atoms with Gasteiger partial charge in [0.2, 0.25) is 0 Å². The van der Waals surface area contributed by atoms with Gasteiger partial charge in [-0.1, -0.05) is 6.08 Å². The minimum atomic E-state index is 0.666. The van der Waals surface area contributed by atoms with Crippen LogP contribution in [0.3, 0.4) is 0 Å². The van der Waals surface area contributed by atoms with Gasteiger partial charge in [0.25, 0.3) is 0 Å². The predicted molar refractivity (Wildman–Crippen MR) is 75.4 cm³/mol. The van der Waals surface area contributed by atoms with E-state index >= 15 is 0 Å². The largest absolute Gasteiger partial charge is 0.487 e. The van der Waals surface area contributed by atoms with Gasteiger partial charge < -0.3 is 9.72 Å². The number of nitrogens with zero attached hydrogens (tertiary/aromatic N) is 3. The maximum Gasteiger partial charge on any atom is 0.181 e. The SMILES string of the molecule is C=CCc1c(-c2nc3ncncc3[nH]2)csc1OC. The van der Waals surface area contributed by atoms with E-state index in [-0.39, 0.29) is 0 Å². The minimum Gasteiger partial charge on any atom is -0.487 e. The lowest BCUT2D eigenvalue weighted by Crippen LogP contribution is -1.89. The van der Waals surface area contributed by atoms with Crippen LogP contribution in [0.15, 0.2) is 30.6 Å². The Kier molecular flexibility index (Phi) is 3.00. The van der Waals surface area contributed by atoms with Crippen LogP contribution in [0, 0.1) is 0 Å². The van der Waals surface area contributed by atoms with Gasteiger partial charge in [0.05, 0.1) is 13.3 Å². The number of imidazole rings is 1. The number of methoxy groups -OCH3 is 1. The third-order valence-corrected chi connectivity index (χ3v) is 3.79. The summed E-state index contributed by atoms with van der Waals surface area (Å²) in [4.78, 5) is 15.8. The van der Waals surface area contributed by atoms with E-state index in [2.05, 4.69) is 26.5 Å². The van der Waals surface area contributed by atoms with Crippen molar-refractivity contribution in [2.45, 2.75) is 6.42 Å². The third kappa shape index (κ3) is 2.00. The van der Waals surface area contributed by atoms with Crippen molar-refractivity contribution in [3.05, 3.63) is 36.1 Å². The Balaban J connectivity index is 2.15. The summed E-state index contributed by atoms with van der Waals surface area (Å²) in [5.41, 5.74) is 3.61.